The fourth-order valence-electron chi connectivity index (χ4n) is 2.18. The van der Waals surface area contributed by atoms with Crippen molar-refractivity contribution in [2.45, 2.75) is 19.8 Å². The maximum atomic E-state index is 11.1. The van der Waals surface area contributed by atoms with E-state index in [-0.39, 0.29) is 5.97 Å². The highest BCUT2D eigenvalue weighted by atomic mass is 16.5. The van der Waals surface area contributed by atoms with Crippen LogP contribution in [0.1, 0.15) is 19.8 Å². The number of aromatic nitrogens is 1. The molecule has 0 bridgehead atoms. The number of pyridine rings is 1. The van der Waals surface area contributed by atoms with Gasteiger partial charge in [0.15, 0.2) is 11.5 Å². The number of benzene rings is 1. The van der Waals surface area contributed by atoms with E-state index in [1.165, 1.54) is 7.11 Å². The van der Waals surface area contributed by atoms with Crippen LogP contribution in [-0.2, 0) is 9.53 Å². The zero-order valence-electron chi connectivity index (χ0n) is 14.1. The number of hydrogen-bond acceptors (Lipinski definition) is 6. The number of fused-ring (bicyclic) bond motifs is 1. The van der Waals surface area contributed by atoms with Gasteiger partial charge in [-0.05, 0) is 25.5 Å². The van der Waals surface area contributed by atoms with Crippen molar-refractivity contribution in [1.29, 1.82) is 0 Å². The van der Waals surface area contributed by atoms with Gasteiger partial charge >= 0.3 is 5.97 Å². The molecule has 1 aromatic carbocycles. The number of carbonyl (C=O) groups is 1. The van der Waals surface area contributed by atoms with Crippen LogP contribution in [0.2, 0.25) is 0 Å². The van der Waals surface area contributed by atoms with Crippen LogP contribution in [-0.4, -0.2) is 31.8 Å². The maximum absolute atomic E-state index is 11.1. The van der Waals surface area contributed by atoms with Crippen LogP contribution in [0.25, 0.3) is 10.9 Å². The van der Waals surface area contributed by atoms with E-state index in [1.54, 1.807) is 32.4 Å². The monoisotopic (exact) mass is 331 g/mol. The van der Waals surface area contributed by atoms with E-state index in [9.17, 15) is 4.79 Å². The quantitative estimate of drug-likeness (QED) is 0.419. The topological polar surface area (TPSA) is 66.9 Å². The number of methoxy groups -OCH3 is 2. The standard InChI is InChI=1S/C18H21NO5/c1-12(2)24-15-7-8-19-14-11-17(16(21-3)10-13(14)15)23-9-5-6-18(20)22-4/h7-8,10-11H,1,5-6,9H2,2-4H3. The Morgan fingerprint density at radius 1 is 1.21 bits per heavy atom. The second kappa shape index (κ2) is 8.19. The Morgan fingerprint density at radius 3 is 2.67 bits per heavy atom. The third kappa shape index (κ3) is 4.38. The zero-order chi connectivity index (χ0) is 17.5. The first-order valence-corrected chi connectivity index (χ1v) is 7.55. The molecular formula is C18H21NO5. The lowest BCUT2D eigenvalue weighted by Crippen LogP contribution is -2.05. The van der Waals surface area contributed by atoms with Gasteiger partial charge in [-0.2, -0.15) is 0 Å². The molecule has 0 saturated carbocycles. The lowest BCUT2D eigenvalue weighted by Gasteiger charge is -2.13. The molecule has 2 rings (SSSR count). The van der Waals surface area contributed by atoms with Gasteiger partial charge in [0.2, 0.25) is 0 Å². The van der Waals surface area contributed by atoms with Crippen LogP contribution in [0.5, 0.6) is 17.2 Å². The third-order valence-corrected chi connectivity index (χ3v) is 3.28. The predicted octanol–water partition coefficient (Wildman–Crippen LogP) is 3.49. The summed E-state index contributed by atoms with van der Waals surface area (Å²) in [5.74, 6) is 2.12. The van der Waals surface area contributed by atoms with Gasteiger partial charge in [0, 0.05) is 24.1 Å². The van der Waals surface area contributed by atoms with Crippen molar-refractivity contribution >= 4 is 16.9 Å². The second-order valence-corrected chi connectivity index (χ2v) is 5.16. The van der Waals surface area contributed by atoms with E-state index in [2.05, 4.69) is 16.3 Å². The molecule has 0 saturated heterocycles. The predicted molar refractivity (Wildman–Crippen MR) is 90.5 cm³/mol. The molecule has 0 aliphatic heterocycles. The fourth-order valence-corrected chi connectivity index (χ4v) is 2.18. The third-order valence-electron chi connectivity index (χ3n) is 3.28. The summed E-state index contributed by atoms with van der Waals surface area (Å²) in [7, 11) is 2.93. The van der Waals surface area contributed by atoms with Crippen LogP contribution in [0, 0.1) is 0 Å². The van der Waals surface area contributed by atoms with Gasteiger partial charge in [-0.25, -0.2) is 0 Å². The van der Waals surface area contributed by atoms with Crippen LogP contribution in [0.15, 0.2) is 36.7 Å². The average molecular weight is 331 g/mol. The van der Waals surface area contributed by atoms with E-state index in [0.29, 0.717) is 42.5 Å². The molecule has 0 aliphatic carbocycles. The van der Waals surface area contributed by atoms with E-state index in [4.69, 9.17) is 14.2 Å². The summed E-state index contributed by atoms with van der Waals surface area (Å²) >= 11 is 0. The number of esters is 1. The number of carbonyl (C=O) groups excluding carboxylic acids is 1. The Labute approximate surface area is 141 Å². The first-order valence-electron chi connectivity index (χ1n) is 7.55. The number of allylic oxidation sites excluding steroid dienone is 1. The van der Waals surface area contributed by atoms with E-state index in [0.717, 1.165) is 10.9 Å². The van der Waals surface area contributed by atoms with Gasteiger partial charge < -0.3 is 18.9 Å². The largest absolute Gasteiger partial charge is 0.493 e. The smallest absolute Gasteiger partial charge is 0.305 e. The molecule has 24 heavy (non-hydrogen) atoms. The molecule has 1 heterocycles. The van der Waals surface area contributed by atoms with Gasteiger partial charge in [0.25, 0.3) is 0 Å². The van der Waals surface area contributed by atoms with Crippen LogP contribution < -0.4 is 14.2 Å². The summed E-state index contributed by atoms with van der Waals surface area (Å²) < 4.78 is 21.3. The number of rotatable bonds is 8. The van der Waals surface area contributed by atoms with Crippen molar-refractivity contribution in [2.75, 3.05) is 20.8 Å². The molecule has 0 unspecified atom stereocenters. The molecule has 0 fully saturated rings. The van der Waals surface area contributed by atoms with Crippen molar-refractivity contribution in [3.8, 4) is 17.2 Å². The fraction of sp³-hybridized carbons (Fsp3) is 0.333. The molecule has 0 aliphatic rings. The highest BCUT2D eigenvalue weighted by molar-refractivity contribution is 5.88. The highest BCUT2D eigenvalue weighted by Gasteiger charge is 2.12. The Morgan fingerprint density at radius 2 is 2.00 bits per heavy atom. The van der Waals surface area contributed by atoms with Crippen molar-refractivity contribution in [2.24, 2.45) is 0 Å². The number of ether oxygens (including phenoxy) is 4. The first kappa shape index (κ1) is 17.6. The average Bonchev–Trinajstić information content (AvgIpc) is 2.57. The maximum Gasteiger partial charge on any atom is 0.305 e. The minimum atomic E-state index is -0.257. The zero-order valence-corrected chi connectivity index (χ0v) is 14.1. The molecule has 6 heteroatoms. The van der Waals surface area contributed by atoms with Gasteiger partial charge in [-0.1, -0.05) is 6.58 Å². The summed E-state index contributed by atoms with van der Waals surface area (Å²) in [6.07, 6.45) is 2.52. The summed E-state index contributed by atoms with van der Waals surface area (Å²) in [6, 6.07) is 5.38. The molecule has 1 aromatic heterocycles. The second-order valence-electron chi connectivity index (χ2n) is 5.16. The Balaban J connectivity index is 2.21. The molecule has 0 atom stereocenters. The SMILES string of the molecule is C=C(C)Oc1ccnc2cc(OCCCC(=O)OC)c(OC)cc12. The Bertz CT molecular complexity index is 742. The summed E-state index contributed by atoms with van der Waals surface area (Å²) in [5, 5.41) is 0.805. The van der Waals surface area contributed by atoms with Crippen molar-refractivity contribution in [1.82, 2.24) is 4.98 Å². The summed E-state index contributed by atoms with van der Waals surface area (Å²) in [4.78, 5) is 15.4. The molecule has 128 valence electrons. The van der Waals surface area contributed by atoms with Gasteiger partial charge in [-0.15, -0.1) is 0 Å². The lowest BCUT2D eigenvalue weighted by molar-refractivity contribution is -0.140. The minimum absolute atomic E-state index is 0.257. The van der Waals surface area contributed by atoms with Gasteiger partial charge in [-0.3, -0.25) is 9.78 Å². The number of nitrogens with zero attached hydrogens (tertiary/aromatic N) is 1. The van der Waals surface area contributed by atoms with Gasteiger partial charge in [0.05, 0.1) is 32.1 Å². The summed E-state index contributed by atoms with van der Waals surface area (Å²) in [5.41, 5.74) is 0.720. The van der Waals surface area contributed by atoms with E-state index < -0.39 is 0 Å². The normalized spacial score (nSPS) is 10.3. The van der Waals surface area contributed by atoms with E-state index in [1.807, 2.05) is 6.07 Å². The lowest BCUT2D eigenvalue weighted by atomic mass is 10.2. The van der Waals surface area contributed by atoms with Gasteiger partial charge in [0.1, 0.15) is 5.75 Å². The first-order chi connectivity index (χ1) is 11.5. The molecule has 0 radical (unpaired) electrons. The van der Waals surface area contributed by atoms with Crippen molar-refractivity contribution in [3.05, 3.63) is 36.7 Å². The van der Waals surface area contributed by atoms with Crippen molar-refractivity contribution < 1.29 is 23.7 Å². The van der Waals surface area contributed by atoms with Crippen LogP contribution >= 0.6 is 0 Å². The molecule has 6 nitrogen and oxygen atoms in total. The Kier molecular flexibility index (Phi) is 6.01. The van der Waals surface area contributed by atoms with Crippen molar-refractivity contribution in [3.63, 3.8) is 0 Å². The number of hydrogen-bond donors (Lipinski definition) is 0. The molecule has 0 N–H and O–H groups in total. The molecule has 0 amide bonds. The Hall–Kier alpha value is -2.76. The molecular weight excluding hydrogens is 310 g/mol. The molecule has 0 spiro atoms. The summed E-state index contributed by atoms with van der Waals surface area (Å²) in [6.45, 7) is 5.91. The van der Waals surface area contributed by atoms with E-state index >= 15 is 0 Å². The highest BCUT2D eigenvalue weighted by Crippen LogP contribution is 2.36. The van der Waals surface area contributed by atoms with Crippen LogP contribution in [0.4, 0.5) is 0 Å². The molecule has 2 aromatic rings. The van der Waals surface area contributed by atoms with Crippen LogP contribution in [0.3, 0.4) is 0 Å². The minimum Gasteiger partial charge on any atom is -0.493 e.